The predicted octanol–water partition coefficient (Wildman–Crippen LogP) is 3.29. The van der Waals surface area contributed by atoms with E-state index in [2.05, 4.69) is 21.0 Å². The van der Waals surface area contributed by atoms with Crippen LogP contribution < -0.4 is 10.0 Å². The fourth-order valence-electron chi connectivity index (χ4n) is 4.24. The maximum atomic E-state index is 13.1. The second-order valence-electron chi connectivity index (χ2n) is 9.23. The van der Waals surface area contributed by atoms with E-state index in [0.29, 0.717) is 6.54 Å². The van der Waals surface area contributed by atoms with E-state index in [0.717, 1.165) is 54.7 Å². The first-order chi connectivity index (χ1) is 16.8. The first kappa shape index (κ1) is 25.3. The Balaban J connectivity index is 1.44. The van der Waals surface area contributed by atoms with Gasteiger partial charge in [-0.2, -0.15) is 4.72 Å². The molecular formula is C27H33N3O4S. The zero-order valence-electron chi connectivity index (χ0n) is 20.2. The summed E-state index contributed by atoms with van der Waals surface area (Å²) >= 11 is 0. The summed E-state index contributed by atoms with van der Waals surface area (Å²) in [6.45, 7) is 8.01. The standard InChI is InChI=1S/C27H33N3O4S/c1-20(2)26(29-35(32,33)25-12-11-21-7-3-4-8-22(21)17-25)27(31)28-18-23-9-5-6-10-24(23)19-30-13-15-34-16-14-30/h3-12,17,20,26,29H,13-16,18-19H2,1-2H3,(H,28,31). The van der Waals surface area contributed by atoms with Gasteiger partial charge in [0, 0.05) is 26.2 Å². The molecule has 3 aromatic carbocycles. The van der Waals surface area contributed by atoms with Gasteiger partial charge in [0.15, 0.2) is 0 Å². The predicted molar refractivity (Wildman–Crippen MR) is 137 cm³/mol. The Morgan fingerprint density at radius 3 is 2.31 bits per heavy atom. The van der Waals surface area contributed by atoms with Crippen molar-refractivity contribution in [1.29, 1.82) is 0 Å². The zero-order valence-corrected chi connectivity index (χ0v) is 21.1. The van der Waals surface area contributed by atoms with Crippen LogP contribution in [-0.4, -0.2) is 51.6 Å². The minimum absolute atomic E-state index is 0.144. The van der Waals surface area contributed by atoms with Crippen LogP contribution in [0.5, 0.6) is 0 Å². The molecule has 35 heavy (non-hydrogen) atoms. The summed E-state index contributed by atoms with van der Waals surface area (Å²) in [5.74, 6) is -0.570. The molecule has 1 aliphatic heterocycles. The summed E-state index contributed by atoms with van der Waals surface area (Å²) in [7, 11) is -3.88. The van der Waals surface area contributed by atoms with E-state index < -0.39 is 16.1 Å². The molecule has 2 N–H and O–H groups in total. The highest BCUT2D eigenvalue weighted by molar-refractivity contribution is 7.89. The number of carbonyl (C=O) groups is 1. The van der Waals surface area contributed by atoms with Gasteiger partial charge in [-0.15, -0.1) is 0 Å². The fraction of sp³-hybridized carbons (Fsp3) is 0.370. The minimum atomic E-state index is -3.88. The molecule has 1 heterocycles. The number of benzene rings is 3. The van der Waals surface area contributed by atoms with Crippen LogP contribution in [0.15, 0.2) is 71.6 Å². The number of rotatable bonds is 9. The number of carbonyl (C=O) groups excluding carboxylic acids is 1. The van der Waals surface area contributed by atoms with Gasteiger partial charge in [-0.25, -0.2) is 8.42 Å². The van der Waals surface area contributed by atoms with Crippen LogP contribution in [0.1, 0.15) is 25.0 Å². The molecule has 7 nitrogen and oxygen atoms in total. The van der Waals surface area contributed by atoms with Gasteiger partial charge in [0.2, 0.25) is 15.9 Å². The van der Waals surface area contributed by atoms with E-state index in [9.17, 15) is 13.2 Å². The molecule has 0 radical (unpaired) electrons. The van der Waals surface area contributed by atoms with E-state index in [1.165, 1.54) is 0 Å². The zero-order chi connectivity index (χ0) is 24.8. The number of amides is 1. The molecule has 186 valence electrons. The Morgan fingerprint density at radius 1 is 0.943 bits per heavy atom. The summed E-state index contributed by atoms with van der Waals surface area (Å²) < 4.78 is 34.3. The monoisotopic (exact) mass is 495 g/mol. The Kier molecular flexibility index (Phi) is 8.18. The van der Waals surface area contributed by atoms with E-state index in [4.69, 9.17) is 4.74 Å². The smallest absolute Gasteiger partial charge is 0.241 e. The van der Waals surface area contributed by atoms with Crippen molar-refractivity contribution < 1.29 is 17.9 Å². The van der Waals surface area contributed by atoms with E-state index in [1.807, 2.05) is 56.3 Å². The Bertz CT molecular complexity index is 1270. The molecule has 4 rings (SSSR count). The molecule has 0 saturated carbocycles. The normalized spacial score (nSPS) is 15.9. The molecule has 0 spiro atoms. The van der Waals surface area contributed by atoms with E-state index in [-0.39, 0.29) is 16.7 Å². The average molecular weight is 496 g/mol. The quantitative estimate of drug-likeness (QED) is 0.476. The SMILES string of the molecule is CC(C)C(NS(=O)(=O)c1ccc2ccccc2c1)C(=O)NCc1ccccc1CN1CCOCC1. The minimum Gasteiger partial charge on any atom is -0.379 e. The second-order valence-corrected chi connectivity index (χ2v) is 10.9. The molecule has 1 atom stereocenters. The Morgan fingerprint density at radius 2 is 1.60 bits per heavy atom. The van der Waals surface area contributed by atoms with Crippen molar-refractivity contribution in [3.8, 4) is 0 Å². The highest BCUT2D eigenvalue weighted by Crippen LogP contribution is 2.20. The fourth-order valence-corrected chi connectivity index (χ4v) is 5.62. The molecule has 1 amide bonds. The number of morpholine rings is 1. The average Bonchev–Trinajstić information content (AvgIpc) is 2.87. The number of nitrogens with zero attached hydrogens (tertiary/aromatic N) is 1. The van der Waals surface area contributed by atoms with Gasteiger partial charge in [0.25, 0.3) is 0 Å². The summed E-state index contributed by atoms with van der Waals surface area (Å²) in [6.07, 6.45) is 0. The first-order valence-corrected chi connectivity index (χ1v) is 13.5. The van der Waals surface area contributed by atoms with Gasteiger partial charge in [-0.05, 0) is 39.9 Å². The third-order valence-electron chi connectivity index (χ3n) is 6.33. The number of fused-ring (bicyclic) bond motifs is 1. The van der Waals surface area contributed by atoms with Crippen molar-refractivity contribution in [3.05, 3.63) is 77.9 Å². The molecule has 8 heteroatoms. The third-order valence-corrected chi connectivity index (χ3v) is 7.77. The topological polar surface area (TPSA) is 87.7 Å². The van der Waals surface area contributed by atoms with Gasteiger partial charge in [0.1, 0.15) is 6.04 Å². The highest BCUT2D eigenvalue weighted by atomic mass is 32.2. The van der Waals surface area contributed by atoms with Crippen LogP contribution in [0.2, 0.25) is 0 Å². The third kappa shape index (κ3) is 6.46. The van der Waals surface area contributed by atoms with Gasteiger partial charge in [-0.3, -0.25) is 9.69 Å². The van der Waals surface area contributed by atoms with Gasteiger partial charge in [0.05, 0.1) is 18.1 Å². The lowest BCUT2D eigenvalue weighted by atomic mass is 10.0. The molecule has 1 aliphatic rings. The molecule has 3 aromatic rings. The summed E-state index contributed by atoms with van der Waals surface area (Å²) in [4.78, 5) is 15.6. The Labute approximate surface area is 207 Å². The van der Waals surface area contributed by atoms with E-state index in [1.54, 1.807) is 18.2 Å². The summed E-state index contributed by atoms with van der Waals surface area (Å²) in [5.41, 5.74) is 2.17. The van der Waals surface area contributed by atoms with Crippen molar-refractivity contribution in [2.45, 2.75) is 37.9 Å². The largest absolute Gasteiger partial charge is 0.379 e. The molecule has 1 fully saturated rings. The summed E-state index contributed by atoms with van der Waals surface area (Å²) in [6, 6.07) is 19.7. The van der Waals surface area contributed by atoms with Crippen LogP contribution in [-0.2, 0) is 32.6 Å². The number of sulfonamides is 1. The molecule has 0 aliphatic carbocycles. The van der Waals surface area contributed by atoms with Gasteiger partial charge < -0.3 is 10.1 Å². The molecule has 0 aromatic heterocycles. The van der Waals surface area contributed by atoms with Crippen LogP contribution in [0.3, 0.4) is 0 Å². The molecule has 1 saturated heterocycles. The van der Waals surface area contributed by atoms with Crippen LogP contribution in [0.4, 0.5) is 0 Å². The maximum absolute atomic E-state index is 13.1. The van der Waals surface area contributed by atoms with E-state index >= 15 is 0 Å². The highest BCUT2D eigenvalue weighted by Gasteiger charge is 2.28. The summed E-state index contributed by atoms with van der Waals surface area (Å²) in [5, 5.41) is 4.74. The first-order valence-electron chi connectivity index (χ1n) is 12.0. The van der Waals surface area contributed by atoms with Gasteiger partial charge in [-0.1, -0.05) is 68.4 Å². The number of hydrogen-bond donors (Lipinski definition) is 2. The molecule has 1 unspecified atom stereocenters. The number of nitrogens with one attached hydrogen (secondary N) is 2. The lowest BCUT2D eigenvalue weighted by molar-refractivity contribution is -0.123. The maximum Gasteiger partial charge on any atom is 0.241 e. The van der Waals surface area contributed by atoms with Crippen LogP contribution in [0.25, 0.3) is 10.8 Å². The van der Waals surface area contributed by atoms with Crippen LogP contribution in [0, 0.1) is 5.92 Å². The lowest BCUT2D eigenvalue weighted by Gasteiger charge is -2.27. The second kappa shape index (κ2) is 11.3. The molecule has 0 bridgehead atoms. The van der Waals surface area contributed by atoms with Crippen molar-refractivity contribution in [2.24, 2.45) is 5.92 Å². The Hall–Kier alpha value is -2.78. The van der Waals surface area contributed by atoms with Gasteiger partial charge >= 0.3 is 0 Å². The van der Waals surface area contributed by atoms with Crippen molar-refractivity contribution >= 4 is 26.7 Å². The lowest BCUT2D eigenvalue weighted by Crippen LogP contribution is -2.49. The van der Waals surface area contributed by atoms with Crippen molar-refractivity contribution in [2.75, 3.05) is 26.3 Å². The molecular weight excluding hydrogens is 462 g/mol. The number of ether oxygens (including phenoxy) is 1. The van der Waals surface area contributed by atoms with Crippen molar-refractivity contribution in [3.63, 3.8) is 0 Å². The van der Waals surface area contributed by atoms with Crippen molar-refractivity contribution in [1.82, 2.24) is 14.9 Å². The van der Waals surface area contributed by atoms with Crippen LogP contribution >= 0.6 is 0 Å². The number of hydrogen-bond acceptors (Lipinski definition) is 5.